The first-order valence-electron chi connectivity index (χ1n) is 9.50. The molecular weight excluding hydrogens is 398 g/mol. The van der Waals surface area contributed by atoms with Gasteiger partial charge in [0.15, 0.2) is 19.3 Å². The third-order valence-corrected chi connectivity index (χ3v) is 10.4. The molecule has 1 unspecified atom stereocenters. The molecule has 28 heavy (non-hydrogen) atoms. The van der Waals surface area contributed by atoms with Crippen molar-refractivity contribution >= 4 is 20.5 Å². The predicted octanol–water partition coefficient (Wildman–Crippen LogP) is 1.84. The van der Waals surface area contributed by atoms with Gasteiger partial charge in [0.05, 0.1) is 13.2 Å². The van der Waals surface area contributed by atoms with E-state index in [0.717, 1.165) is 0 Å². The fraction of sp³-hybridized carbons (Fsp3) is 0.778. The summed E-state index contributed by atoms with van der Waals surface area (Å²) >= 11 is 5.29. The highest BCUT2D eigenvalue weighted by Crippen LogP contribution is 2.38. The Morgan fingerprint density at radius 1 is 1.43 bits per heavy atom. The molecule has 2 rings (SSSR count). The Labute approximate surface area is 172 Å². The van der Waals surface area contributed by atoms with E-state index in [2.05, 4.69) is 38.8 Å². The number of hydrogen-bond donors (Lipinski definition) is 3. The summed E-state index contributed by atoms with van der Waals surface area (Å²) in [6.45, 7) is 13.3. The van der Waals surface area contributed by atoms with Gasteiger partial charge in [0.2, 0.25) is 0 Å². The van der Waals surface area contributed by atoms with Gasteiger partial charge >= 0.3 is 0 Å². The van der Waals surface area contributed by atoms with Crippen molar-refractivity contribution in [2.24, 2.45) is 5.73 Å². The van der Waals surface area contributed by atoms with Crippen LogP contribution in [-0.2, 0) is 13.9 Å². The quantitative estimate of drug-likeness (QED) is 0.446. The number of hydrogen-bond acceptors (Lipinski definition) is 7. The molecule has 0 radical (unpaired) electrons. The summed E-state index contributed by atoms with van der Waals surface area (Å²) < 4.78 is 20.0. The van der Waals surface area contributed by atoms with Crippen molar-refractivity contribution in [2.45, 2.75) is 70.4 Å². The zero-order valence-electron chi connectivity index (χ0n) is 17.5. The van der Waals surface area contributed by atoms with Gasteiger partial charge in [-0.1, -0.05) is 20.8 Å². The average molecular weight is 432 g/mol. The molecule has 1 fully saturated rings. The van der Waals surface area contributed by atoms with Gasteiger partial charge in [-0.15, -0.1) is 0 Å². The van der Waals surface area contributed by atoms with Crippen LogP contribution >= 0.6 is 12.2 Å². The van der Waals surface area contributed by atoms with Crippen LogP contribution in [0.1, 0.15) is 32.6 Å². The third kappa shape index (κ3) is 4.99. The maximum atomic E-state index is 11.8. The number of aryl methyl sites for hydroxylation is 1. The van der Waals surface area contributed by atoms with Gasteiger partial charge in [0, 0.05) is 18.3 Å². The minimum atomic E-state index is -2.00. The molecule has 0 bridgehead atoms. The number of aromatic nitrogens is 2. The fourth-order valence-electron chi connectivity index (χ4n) is 2.75. The molecule has 1 saturated heterocycles. The summed E-state index contributed by atoms with van der Waals surface area (Å²) in [4.78, 5) is 14.4. The van der Waals surface area contributed by atoms with Crippen molar-refractivity contribution in [3.63, 3.8) is 0 Å². The van der Waals surface area contributed by atoms with Gasteiger partial charge in [-0.3, -0.25) is 14.3 Å². The summed E-state index contributed by atoms with van der Waals surface area (Å²) in [7, 11) is -2.00. The normalized spacial score (nSPS) is 26.0. The molecule has 1 aromatic rings. The summed E-state index contributed by atoms with van der Waals surface area (Å²) in [6, 6.07) is 0. The molecule has 0 aliphatic carbocycles. The largest absolute Gasteiger partial charge is 0.414 e. The van der Waals surface area contributed by atoms with Crippen LogP contribution in [0.4, 0.5) is 0 Å². The number of aliphatic hydroxyl groups is 1. The Balaban J connectivity index is 2.27. The highest BCUT2D eigenvalue weighted by atomic mass is 32.1. The second-order valence-corrected chi connectivity index (χ2v) is 13.9. The molecule has 2 heterocycles. The molecule has 0 aromatic carbocycles. The van der Waals surface area contributed by atoms with Crippen LogP contribution < -0.4 is 11.3 Å². The van der Waals surface area contributed by atoms with E-state index in [1.807, 2.05) is 0 Å². The first-order chi connectivity index (χ1) is 12.9. The summed E-state index contributed by atoms with van der Waals surface area (Å²) in [6.07, 6.45) is -1.22. The highest BCUT2D eigenvalue weighted by Gasteiger charge is 2.47. The molecule has 10 heteroatoms. The van der Waals surface area contributed by atoms with E-state index in [1.165, 1.54) is 0 Å². The van der Waals surface area contributed by atoms with Crippen LogP contribution in [0.15, 0.2) is 11.0 Å². The van der Waals surface area contributed by atoms with Crippen LogP contribution in [0, 0.1) is 11.7 Å². The molecule has 8 nitrogen and oxygen atoms in total. The number of nitrogens with one attached hydrogen (secondary N) is 1. The summed E-state index contributed by atoms with van der Waals surface area (Å²) in [5.41, 5.74) is 5.81. The second-order valence-electron chi connectivity index (χ2n) is 8.73. The van der Waals surface area contributed by atoms with Gasteiger partial charge in [0.25, 0.3) is 5.56 Å². The minimum absolute atomic E-state index is 0.0456. The monoisotopic (exact) mass is 431 g/mol. The number of rotatable bonds is 7. The molecule has 1 aliphatic rings. The van der Waals surface area contributed by atoms with E-state index in [4.69, 9.17) is 31.9 Å². The average Bonchev–Trinajstić information content (AvgIpc) is 2.89. The molecule has 0 spiro atoms. The Bertz CT molecular complexity index is 789. The lowest BCUT2D eigenvalue weighted by atomic mass is 10.1. The Morgan fingerprint density at radius 3 is 2.64 bits per heavy atom. The number of nitrogens with two attached hydrogens (primary N) is 1. The molecule has 1 aromatic heterocycles. The maximum absolute atomic E-state index is 11.8. The first-order valence-corrected chi connectivity index (χ1v) is 12.8. The highest BCUT2D eigenvalue weighted by molar-refractivity contribution is 7.71. The van der Waals surface area contributed by atoms with Crippen LogP contribution in [-0.4, -0.2) is 61.0 Å². The number of H-pyrrole nitrogens is 1. The topological polar surface area (TPSA) is 112 Å². The molecule has 4 N–H and O–H groups in total. The molecular formula is C18H33N3O5SSi. The van der Waals surface area contributed by atoms with Gasteiger partial charge in [-0.2, -0.15) is 0 Å². The van der Waals surface area contributed by atoms with E-state index in [-0.39, 0.29) is 28.6 Å². The van der Waals surface area contributed by atoms with E-state index in [1.54, 1.807) is 17.7 Å². The number of aliphatic hydroxyl groups excluding tert-OH is 1. The summed E-state index contributed by atoms with van der Waals surface area (Å²) in [5.74, 6) is 0. The maximum Gasteiger partial charge on any atom is 0.254 e. The van der Waals surface area contributed by atoms with Gasteiger partial charge in [-0.25, -0.2) is 0 Å². The first kappa shape index (κ1) is 23.4. The van der Waals surface area contributed by atoms with E-state index in [9.17, 15) is 9.90 Å². The Morgan fingerprint density at radius 2 is 2.07 bits per heavy atom. The molecule has 160 valence electrons. The zero-order chi connectivity index (χ0) is 21.3. The van der Waals surface area contributed by atoms with Crippen molar-refractivity contribution in [1.29, 1.82) is 0 Å². The van der Waals surface area contributed by atoms with Gasteiger partial charge in [-0.05, 0) is 37.3 Å². The lowest BCUT2D eigenvalue weighted by Gasteiger charge is -2.37. The lowest BCUT2D eigenvalue weighted by molar-refractivity contribution is -0.0712. The third-order valence-electron chi connectivity index (χ3n) is 5.58. The minimum Gasteiger partial charge on any atom is -0.414 e. The van der Waals surface area contributed by atoms with E-state index >= 15 is 0 Å². The zero-order valence-corrected chi connectivity index (χ0v) is 19.3. The Hall–Kier alpha value is -0.883. The molecule has 0 amide bonds. The molecule has 4 atom stereocenters. The van der Waals surface area contributed by atoms with Crippen LogP contribution in [0.3, 0.4) is 0 Å². The summed E-state index contributed by atoms with van der Waals surface area (Å²) in [5, 5.41) is 10.9. The molecule has 1 aliphatic heterocycles. The lowest BCUT2D eigenvalue weighted by Crippen LogP contribution is -2.44. The molecule has 0 saturated carbocycles. The van der Waals surface area contributed by atoms with Crippen LogP contribution in [0.25, 0.3) is 0 Å². The van der Waals surface area contributed by atoms with Crippen molar-refractivity contribution in [2.75, 3.05) is 19.8 Å². The van der Waals surface area contributed by atoms with Gasteiger partial charge in [0.1, 0.15) is 18.3 Å². The van der Waals surface area contributed by atoms with Crippen molar-refractivity contribution in [1.82, 2.24) is 9.55 Å². The SMILES string of the molecule is Cc1cn([C@@H]2O[C@H](CO[Si](C)(C)C(C)(C)C)[C@H](O)C2OCCN)c(=S)[nH]c1=O. The predicted molar refractivity (Wildman–Crippen MR) is 112 cm³/mol. The number of ether oxygens (including phenoxy) is 2. The van der Waals surface area contributed by atoms with Crippen molar-refractivity contribution in [3.8, 4) is 0 Å². The fourth-order valence-corrected chi connectivity index (χ4v) is 4.01. The standard InChI is InChI=1S/C18H33N3O5SSi/c1-11-9-21(17(27)20-15(11)23)16-14(24-8-7-19)13(22)12(26-16)10-25-28(5,6)18(2,3)4/h9,12-14,16,22H,7-8,10,19H2,1-6H3,(H,20,23,27)/t12-,13+,14?,16-/m1/s1. The number of aromatic amines is 1. The van der Waals surface area contributed by atoms with Crippen LogP contribution in [0.5, 0.6) is 0 Å². The smallest absolute Gasteiger partial charge is 0.254 e. The van der Waals surface area contributed by atoms with E-state index < -0.39 is 32.9 Å². The van der Waals surface area contributed by atoms with E-state index in [0.29, 0.717) is 12.1 Å². The van der Waals surface area contributed by atoms with Gasteiger partial charge < -0.3 is 24.7 Å². The van der Waals surface area contributed by atoms with Crippen LogP contribution in [0.2, 0.25) is 18.1 Å². The Kier molecular flexibility index (Phi) is 7.41. The van der Waals surface area contributed by atoms with Crippen molar-refractivity contribution in [3.05, 3.63) is 26.9 Å². The number of nitrogens with zero attached hydrogens (tertiary/aromatic N) is 1. The van der Waals surface area contributed by atoms with Crippen molar-refractivity contribution < 1.29 is 19.0 Å². The second kappa shape index (κ2) is 8.86.